The second-order valence-electron chi connectivity index (χ2n) is 6.36. The zero-order valence-electron chi connectivity index (χ0n) is 14.7. The first-order valence-electron chi connectivity index (χ1n) is 8.69. The number of pyridine rings is 1. The molecule has 1 saturated heterocycles. The third-order valence-electron chi connectivity index (χ3n) is 4.48. The van der Waals surface area contributed by atoms with E-state index in [0.717, 1.165) is 13.1 Å². The fraction of sp³-hybridized carbons (Fsp3) is 0.211. The molecule has 0 saturated carbocycles. The van der Waals surface area contributed by atoms with Gasteiger partial charge in [-0.1, -0.05) is 23.2 Å². The van der Waals surface area contributed by atoms with Crippen molar-refractivity contribution in [2.75, 3.05) is 26.2 Å². The molecule has 1 aromatic carbocycles. The number of carbonyl (C=O) groups excluding carboxylic acids is 1. The van der Waals surface area contributed by atoms with E-state index in [9.17, 15) is 9.18 Å². The van der Waals surface area contributed by atoms with Crippen molar-refractivity contribution in [2.45, 2.75) is 0 Å². The van der Waals surface area contributed by atoms with Gasteiger partial charge in [0.1, 0.15) is 5.82 Å². The number of aromatic nitrogens is 3. The largest absolute Gasteiger partial charge is 0.335 e. The average Bonchev–Trinajstić information content (AvgIpc) is 3.15. The molecule has 0 bridgehead atoms. The standard InChI is InChI=1S/C19H16Cl2FN5O/c20-13-7-12(10-24-11-13)18-9-17(19(28)26-5-3-23-4-6-26)25-27(18)14-1-2-16(22)15(21)8-14/h1-2,7-11,23H,3-6H2. The minimum Gasteiger partial charge on any atom is -0.335 e. The lowest BCUT2D eigenvalue weighted by Gasteiger charge is -2.26. The Morgan fingerprint density at radius 3 is 2.61 bits per heavy atom. The highest BCUT2D eigenvalue weighted by Crippen LogP contribution is 2.28. The van der Waals surface area contributed by atoms with E-state index in [2.05, 4.69) is 15.4 Å². The number of nitrogens with zero attached hydrogens (tertiary/aromatic N) is 4. The average molecular weight is 420 g/mol. The van der Waals surface area contributed by atoms with Crippen molar-refractivity contribution in [3.05, 3.63) is 64.3 Å². The van der Waals surface area contributed by atoms with Gasteiger partial charge in [0.25, 0.3) is 5.91 Å². The third kappa shape index (κ3) is 3.73. The van der Waals surface area contributed by atoms with Crippen molar-refractivity contribution in [1.29, 1.82) is 0 Å². The van der Waals surface area contributed by atoms with Crippen LogP contribution < -0.4 is 5.32 Å². The van der Waals surface area contributed by atoms with E-state index in [1.54, 1.807) is 34.0 Å². The number of hydrogen-bond donors (Lipinski definition) is 1. The smallest absolute Gasteiger partial charge is 0.274 e. The maximum absolute atomic E-state index is 13.6. The van der Waals surface area contributed by atoms with E-state index in [1.807, 2.05) is 0 Å². The number of halogens is 3. The van der Waals surface area contributed by atoms with Gasteiger partial charge in [-0.2, -0.15) is 5.10 Å². The van der Waals surface area contributed by atoms with Crippen molar-refractivity contribution in [3.8, 4) is 16.9 Å². The van der Waals surface area contributed by atoms with E-state index in [0.29, 0.717) is 35.1 Å². The lowest BCUT2D eigenvalue weighted by Crippen LogP contribution is -2.46. The predicted octanol–water partition coefficient (Wildman–Crippen LogP) is 3.43. The Morgan fingerprint density at radius 2 is 1.89 bits per heavy atom. The predicted molar refractivity (Wildman–Crippen MR) is 106 cm³/mol. The number of nitrogens with one attached hydrogen (secondary N) is 1. The Labute approximate surface area is 170 Å². The molecule has 0 unspecified atom stereocenters. The lowest BCUT2D eigenvalue weighted by molar-refractivity contribution is 0.0729. The molecule has 9 heteroatoms. The molecule has 144 valence electrons. The Hall–Kier alpha value is -2.48. The van der Waals surface area contributed by atoms with Crippen molar-refractivity contribution in [3.63, 3.8) is 0 Å². The van der Waals surface area contributed by atoms with Crippen LogP contribution in [0.25, 0.3) is 16.9 Å². The number of benzene rings is 1. The summed E-state index contributed by atoms with van der Waals surface area (Å²) >= 11 is 12.0. The molecule has 28 heavy (non-hydrogen) atoms. The number of carbonyl (C=O) groups is 1. The van der Waals surface area contributed by atoms with Crippen molar-refractivity contribution >= 4 is 29.1 Å². The van der Waals surface area contributed by atoms with Crippen LogP contribution >= 0.6 is 23.2 Å². The highest BCUT2D eigenvalue weighted by Gasteiger charge is 2.23. The van der Waals surface area contributed by atoms with Crippen molar-refractivity contribution in [1.82, 2.24) is 25.0 Å². The summed E-state index contributed by atoms with van der Waals surface area (Å²) in [5.41, 5.74) is 2.11. The van der Waals surface area contributed by atoms with E-state index in [1.165, 1.54) is 18.3 Å². The fourth-order valence-electron chi connectivity index (χ4n) is 3.09. The fourth-order valence-corrected chi connectivity index (χ4v) is 3.44. The van der Waals surface area contributed by atoms with E-state index in [-0.39, 0.29) is 16.6 Å². The summed E-state index contributed by atoms with van der Waals surface area (Å²) in [6.07, 6.45) is 3.15. The normalized spacial score (nSPS) is 14.3. The van der Waals surface area contributed by atoms with E-state index < -0.39 is 5.82 Å². The Kier molecular flexibility index (Phi) is 5.30. The zero-order chi connectivity index (χ0) is 19.7. The van der Waals surface area contributed by atoms with Crippen LogP contribution in [0.1, 0.15) is 10.5 Å². The van der Waals surface area contributed by atoms with Crippen LogP contribution in [0.3, 0.4) is 0 Å². The molecular weight excluding hydrogens is 404 g/mol. The molecule has 2 aromatic heterocycles. The monoisotopic (exact) mass is 419 g/mol. The Morgan fingerprint density at radius 1 is 1.11 bits per heavy atom. The van der Waals surface area contributed by atoms with Gasteiger partial charge in [0.2, 0.25) is 0 Å². The molecule has 6 nitrogen and oxygen atoms in total. The minimum atomic E-state index is -0.527. The Bertz CT molecular complexity index is 1030. The lowest BCUT2D eigenvalue weighted by atomic mass is 10.2. The molecule has 1 aliphatic heterocycles. The van der Waals surface area contributed by atoms with Crippen LogP contribution in [0.4, 0.5) is 4.39 Å². The molecule has 4 rings (SSSR count). The molecule has 1 N–H and O–H groups in total. The molecule has 0 aliphatic carbocycles. The van der Waals surface area contributed by atoms with Gasteiger partial charge >= 0.3 is 0 Å². The number of piperazine rings is 1. The van der Waals surface area contributed by atoms with Crippen LogP contribution in [-0.4, -0.2) is 51.8 Å². The van der Waals surface area contributed by atoms with Gasteiger partial charge in [0, 0.05) is 44.1 Å². The molecule has 1 amide bonds. The van der Waals surface area contributed by atoms with Crippen LogP contribution in [0.5, 0.6) is 0 Å². The van der Waals surface area contributed by atoms with Crippen LogP contribution in [0, 0.1) is 5.82 Å². The molecule has 1 aliphatic rings. The highest BCUT2D eigenvalue weighted by atomic mass is 35.5. The van der Waals surface area contributed by atoms with Gasteiger partial charge in [-0.25, -0.2) is 9.07 Å². The zero-order valence-corrected chi connectivity index (χ0v) is 16.2. The number of rotatable bonds is 3. The minimum absolute atomic E-state index is 0.0295. The van der Waals surface area contributed by atoms with Gasteiger partial charge < -0.3 is 10.2 Å². The maximum atomic E-state index is 13.6. The van der Waals surface area contributed by atoms with Gasteiger partial charge in [-0.3, -0.25) is 9.78 Å². The van der Waals surface area contributed by atoms with Crippen LogP contribution in [0.15, 0.2) is 42.7 Å². The first-order valence-corrected chi connectivity index (χ1v) is 9.45. The third-order valence-corrected chi connectivity index (χ3v) is 4.98. The number of amides is 1. The number of hydrogen-bond acceptors (Lipinski definition) is 4. The maximum Gasteiger partial charge on any atom is 0.274 e. The van der Waals surface area contributed by atoms with Crippen LogP contribution in [0.2, 0.25) is 10.0 Å². The van der Waals surface area contributed by atoms with Gasteiger partial charge in [0.05, 0.1) is 21.4 Å². The summed E-state index contributed by atoms with van der Waals surface area (Å²) < 4.78 is 15.2. The first-order chi connectivity index (χ1) is 13.5. The molecular formula is C19H16Cl2FN5O. The molecule has 0 spiro atoms. The summed E-state index contributed by atoms with van der Waals surface area (Å²) in [6, 6.07) is 7.69. The molecule has 0 atom stereocenters. The van der Waals surface area contributed by atoms with Gasteiger partial charge in [0.15, 0.2) is 5.69 Å². The topological polar surface area (TPSA) is 63.1 Å². The summed E-state index contributed by atoms with van der Waals surface area (Å²) in [7, 11) is 0. The quantitative estimate of drug-likeness (QED) is 0.706. The molecule has 1 fully saturated rings. The molecule has 3 aromatic rings. The highest BCUT2D eigenvalue weighted by molar-refractivity contribution is 6.31. The summed E-state index contributed by atoms with van der Waals surface area (Å²) in [4.78, 5) is 18.8. The van der Waals surface area contributed by atoms with Crippen molar-refractivity contribution in [2.24, 2.45) is 0 Å². The summed E-state index contributed by atoms with van der Waals surface area (Å²) in [5, 5.41) is 8.13. The second-order valence-corrected chi connectivity index (χ2v) is 7.20. The van der Waals surface area contributed by atoms with E-state index >= 15 is 0 Å². The summed E-state index contributed by atoms with van der Waals surface area (Å²) in [5.74, 6) is -0.689. The van der Waals surface area contributed by atoms with E-state index in [4.69, 9.17) is 23.2 Å². The van der Waals surface area contributed by atoms with Crippen molar-refractivity contribution < 1.29 is 9.18 Å². The molecule has 3 heterocycles. The van der Waals surface area contributed by atoms with Gasteiger partial charge in [-0.15, -0.1) is 0 Å². The molecule has 0 radical (unpaired) electrons. The van der Waals surface area contributed by atoms with Crippen LogP contribution in [-0.2, 0) is 0 Å². The summed E-state index contributed by atoms with van der Waals surface area (Å²) in [6.45, 7) is 2.71. The Balaban J connectivity index is 1.81. The first kappa shape index (κ1) is 18.9. The van der Waals surface area contributed by atoms with Gasteiger partial charge in [-0.05, 0) is 30.3 Å². The SMILES string of the molecule is O=C(c1cc(-c2cncc(Cl)c2)n(-c2ccc(F)c(Cl)c2)n1)N1CCNCC1. The second kappa shape index (κ2) is 7.87.